The van der Waals surface area contributed by atoms with E-state index in [4.69, 9.17) is 0 Å². The first-order valence-electron chi connectivity index (χ1n) is 7.19. The maximum absolute atomic E-state index is 14.0. The van der Waals surface area contributed by atoms with Gasteiger partial charge < -0.3 is 5.32 Å². The van der Waals surface area contributed by atoms with E-state index in [0.717, 1.165) is 10.4 Å². The largest absolute Gasteiger partial charge is 0.313 e. The van der Waals surface area contributed by atoms with Gasteiger partial charge in [0.25, 0.3) is 0 Å². The maximum Gasteiger partial charge on any atom is 0.246 e. The summed E-state index contributed by atoms with van der Waals surface area (Å²) in [5.74, 6) is -4.95. The van der Waals surface area contributed by atoms with Crippen molar-refractivity contribution in [1.82, 2.24) is 14.6 Å². The number of nitrogens with one attached hydrogen (secondary N) is 1. The number of hydrogen-bond donors (Lipinski definition) is 1. The SMILES string of the molecule is Cl.O=S(=O)(c1ccc(F)c(F)c1F)N1CCNCC1c1cccnc1. The van der Waals surface area contributed by atoms with Crippen molar-refractivity contribution in [2.45, 2.75) is 10.9 Å². The Hall–Kier alpha value is -1.68. The fraction of sp³-hybridized carbons (Fsp3) is 0.267. The molecule has 25 heavy (non-hydrogen) atoms. The zero-order valence-corrected chi connectivity index (χ0v) is 14.5. The quantitative estimate of drug-likeness (QED) is 0.812. The van der Waals surface area contributed by atoms with E-state index in [1.54, 1.807) is 18.3 Å². The second kappa shape index (κ2) is 7.69. The first kappa shape index (κ1) is 19.6. The average molecular weight is 394 g/mol. The molecule has 1 atom stereocenters. The third-order valence-electron chi connectivity index (χ3n) is 3.85. The van der Waals surface area contributed by atoms with Gasteiger partial charge in [-0.25, -0.2) is 21.6 Å². The van der Waals surface area contributed by atoms with Crippen LogP contribution in [0.15, 0.2) is 41.6 Å². The standard InChI is InChI=1S/C15H14F3N3O2S.ClH/c16-11-3-4-13(15(18)14(11)17)24(22,23)21-7-6-20-9-12(21)10-2-1-5-19-8-10;/h1-5,8,12,20H,6-7,9H2;1H. The number of halogens is 4. The molecule has 1 N–H and O–H groups in total. The van der Waals surface area contributed by atoms with Gasteiger partial charge >= 0.3 is 0 Å². The average Bonchev–Trinajstić information content (AvgIpc) is 2.60. The maximum atomic E-state index is 14.0. The molecule has 2 aromatic rings. The normalized spacial score (nSPS) is 18.6. The predicted octanol–water partition coefficient (Wildman–Crippen LogP) is 2.26. The van der Waals surface area contributed by atoms with Gasteiger partial charge in [0.15, 0.2) is 17.5 Å². The first-order chi connectivity index (χ1) is 11.4. The van der Waals surface area contributed by atoms with Gasteiger partial charge in [0.05, 0.1) is 6.04 Å². The van der Waals surface area contributed by atoms with Crippen molar-refractivity contribution in [1.29, 1.82) is 0 Å². The van der Waals surface area contributed by atoms with Gasteiger partial charge in [-0.3, -0.25) is 4.98 Å². The molecule has 0 amide bonds. The van der Waals surface area contributed by atoms with Gasteiger partial charge in [0.1, 0.15) is 4.90 Å². The molecular weight excluding hydrogens is 379 g/mol. The molecule has 0 bridgehead atoms. The molecule has 0 aliphatic carbocycles. The van der Waals surface area contributed by atoms with E-state index >= 15 is 0 Å². The van der Waals surface area contributed by atoms with Crippen molar-refractivity contribution in [2.75, 3.05) is 19.6 Å². The lowest BCUT2D eigenvalue weighted by Crippen LogP contribution is -2.48. The smallest absolute Gasteiger partial charge is 0.246 e. The number of piperazine rings is 1. The highest BCUT2D eigenvalue weighted by atomic mass is 35.5. The van der Waals surface area contributed by atoms with E-state index in [1.807, 2.05) is 0 Å². The summed E-state index contributed by atoms with van der Waals surface area (Å²) < 4.78 is 67.2. The van der Waals surface area contributed by atoms with E-state index in [1.165, 1.54) is 6.20 Å². The third-order valence-corrected chi connectivity index (χ3v) is 5.78. The van der Waals surface area contributed by atoms with Crippen LogP contribution in [0.5, 0.6) is 0 Å². The van der Waals surface area contributed by atoms with Gasteiger partial charge in [0.2, 0.25) is 10.0 Å². The second-order valence-electron chi connectivity index (χ2n) is 5.30. The number of nitrogens with zero attached hydrogens (tertiary/aromatic N) is 2. The Morgan fingerprint density at radius 1 is 1.16 bits per heavy atom. The van der Waals surface area contributed by atoms with Crippen LogP contribution >= 0.6 is 12.4 Å². The topological polar surface area (TPSA) is 62.3 Å². The Labute approximate surface area is 149 Å². The fourth-order valence-corrected chi connectivity index (χ4v) is 4.34. The van der Waals surface area contributed by atoms with Gasteiger partial charge in [0, 0.05) is 32.0 Å². The summed E-state index contributed by atoms with van der Waals surface area (Å²) >= 11 is 0. The molecule has 1 saturated heterocycles. The van der Waals surface area contributed by atoms with Crippen LogP contribution in [0.1, 0.15) is 11.6 Å². The van der Waals surface area contributed by atoms with E-state index in [9.17, 15) is 21.6 Å². The van der Waals surface area contributed by atoms with Crippen LogP contribution in [0.3, 0.4) is 0 Å². The van der Waals surface area contributed by atoms with Crippen LogP contribution < -0.4 is 5.32 Å². The Bertz CT molecular complexity index is 853. The van der Waals surface area contributed by atoms with Crippen LogP contribution in [0.4, 0.5) is 13.2 Å². The lowest BCUT2D eigenvalue weighted by Gasteiger charge is -2.35. The highest BCUT2D eigenvalue weighted by molar-refractivity contribution is 7.89. The molecule has 1 aromatic carbocycles. The Morgan fingerprint density at radius 3 is 2.60 bits per heavy atom. The van der Waals surface area contributed by atoms with E-state index < -0.39 is 38.4 Å². The zero-order valence-electron chi connectivity index (χ0n) is 12.8. The molecular formula is C15H15ClF3N3O2S. The second-order valence-corrected chi connectivity index (χ2v) is 7.15. The van der Waals surface area contributed by atoms with Gasteiger partial charge in [-0.15, -0.1) is 12.4 Å². The Morgan fingerprint density at radius 2 is 1.92 bits per heavy atom. The minimum Gasteiger partial charge on any atom is -0.313 e. The Kier molecular flexibility index (Phi) is 6.04. The van der Waals surface area contributed by atoms with Crippen LogP contribution in [-0.2, 0) is 10.0 Å². The molecule has 136 valence electrons. The van der Waals surface area contributed by atoms with Crippen LogP contribution in [-0.4, -0.2) is 37.3 Å². The van der Waals surface area contributed by atoms with Crippen molar-refractivity contribution in [3.05, 3.63) is 59.7 Å². The minimum absolute atomic E-state index is 0. The molecule has 1 fully saturated rings. The summed E-state index contributed by atoms with van der Waals surface area (Å²) in [6, 6.07) is 4.09. The van der Waals surface area contributed by atoms with Crippen molar-refractivity contribution >= 4 is 22.4 Å². The third kappa shape index (κ3) is 3.64. The molecule has 1 aromatic heterocycles. The monoisotopic (exact) mass is 393 g/mol. The molecule has 5 nitrogen and oxygen atoms in total. The summed E-state index contributed by atoms with van der Waals surface area (Å²) in [5.41, 5.74) is 0.622. The van der Waals surface area contributed by atoms with E-state index in [-0.39, 0.29) is 19.0 Å². The van der Waals surface area contributed by atoms with E-state index in [2.05, 4.69) is 10.3 Å². The number of aromatic nitrogens is 1. The number of rotatable bonds is 3. The molecule has 0 saturated carbocycles. The molecule has 0 spiro atoms. The van der Waals surface area contributed by atoms with Gasteiger partial charge in [-0.2, -0.15) is 4.31 Å². The number of hydrogen-bond acceptors (Lipinski definition) is 4. The highest BCUT2D eigenvalue weighted by Crippen LogP contribution is 2.30. The summed E-state index contributed by atoms with van der Waals surface area (Å²) in [6.45, 7) is 0.734. The summed E-state index contributed by atoms with van der Waals surface area (Å²) in [5, 5.41) is 3.06. The minimum atomic E-state index is -4.35. The van der Waals surface area contributed by atoms with Crippen LogP contribution in [0.2, 0.25) is 0 Å². The number of pyridine rings is 1. The zero-order chi connectivity index (χ0) is 17.3. The molecule has 1 aliphatic rings. The van der Waals surface area contributed by atoms with E-state index in [0.29, 0.717) is 24.7 Å². The molecule has 1 unspecified atom stereocenters. The van der Waals surface area contributed by atoms with Crippen LogP contribution in [0, 0.1) is 17.5 Å². The Balaban J connectivity index is 0.00000225. The number of sulfonamides is 1. The molecule has 0 radical (unpaired) electrons. The van der Waals surface area contributed by atoms with Crippen molar-refractivity contribution < 1.29 is 21.6 Å². The lowest BCUT2D eigenvalue weighted by molar-refractivity contribution is 0.269. The molecule has 1 aliphatic heterocycles. The fourth-order valence-electron chi connectivity index (χ4n) is 2.66. The first-order valence-corrected chi connectivity index (χ1v) is 8.63. The van der Waals surface area contributed by atoms with Crippen molar-refractivity contribution in [2.24, 2.45) is 0 Å². The summed E-state index contributed by atoms with van der Waals surface area (Å²) in [7, 11) is -4.35. The van der Waals surface area contributed by atoms with Gasteiger partial charge in [-0.05, 0) is 23.8 Å². The lowest BCUT2D eigenvalue weighted by atomic mass is 10.1. The molecule has 10 heteroatoms. The summed E-state index contributed by atoms with van der Waals surface area (Å²) in [4.78, 5) is 3.08. The summed E-state index contributed by atoms with van der Waals surface area (Å²) in [6.07, 6.45) is 3.06. The van der Waals surface area contributed by atoms with Gasteiger partial charge in [-0.1, -0.05) is 6.07 Å². The molecule has 2 heterocycles. The molecule has 3 rings (SSSR count). The highest BCUT2D eigenvalue weighted by Gasteiger charge is 2.37. The van der Waals surface area contributed by atoms with Crippen LogP contribution in [0.25, 0.3) is 0 Å². The van der Waals surface area contributed by atoms with Crippen molar-refractivity contribution in [3.8, 4) is 0 Å². The predicted molar refractivity (Wildman–Crippen MR) is 87.3 cm³/mol. The van der Waals surface area contributed by atoms with Crippen molar-refractivity contribution in [3.63, 3.8) is 0 Å². The number of benzene rings is 1.